The number of rotatable bonds is 1. The fourth-order valence-electron chi connectivity index (χ4n) is 1.52. The van der Waals surface area contributed by atoms with Crippen molar-refractivity contribution in [2.24, 2.45) is 5.92 Å². The summed E-state index contributed by atoms with van der Waals surface area (Å²) in [5, 5.41) is 4.99. The third-order valence-corrected chi connectivity index (χ3v) is 2.23. The number of terminal acetylenes is 1. The number of nitrogens with zero attached hydrogens (tertiary/aromatic N) is 1. The number of aromatic nitrogens is 2. The summed E-state index contributed by atoms with van der Waals surface area (Å²) >= 11 is 0. The molecule has 1 amide bonds. The zero-order valence-corrected chi connectivity index (χ0v) is 7.41. The minimum Gasteiger partial charge on any atom is -0.296 e. The standard InChI is InChI=1S/C9H9N3O2/c1-2-6-3-9(14)12(5-6)7-4-8(13)11-10-7/h1,4,6H,3,5H2,(H2,10,11,13). The quantitative estimate of drug-likeness (QED) is 0.598. The second-order valence-corrected chi connectivity index (χ2v) is 3.22. The van der Waals surface area contributed by atoms with Crippen LogP contribution >= 0.6 is 0 Å². The zero-order valence-electron chi connectivity index (χ0n) is 7.41. The molecule has 5 nitrogen and oxygen atoms in total. The minimum absolute atomic E-state index is 0.0526. The fourth-order valence-corrected chi connectivity index (χ4v) is 1.52. The van der Waals surface area contributed by atoms with Gasteiger partial charge in [0.2, 0.25) is 5.91 Å². The fraction of sp³-hybridized carbons (Fsp3) is 0.333. The summed E-state index contributed by atoms with van der Waals surface area (Å²) in [6.45, 7) is 0.475. The van der Waals surface area contributed by atoms with Gasteiger partial charge in [-0.05, 0) is 0 Å². The van der Waals surface area contributed by atoms with Gasteiger partial charge in [-0.15, -0.1) is 12.3 Å². The first-order valence-corrected chi connectivity index (χ1v) is 4.25. The van der Waals surface area contributed by atoms with Crippen LogP contribution in [0.5, 0.6) is 0 Å². The van der Waals surface area contributed by atoms with Gasteiger partial charge in [0.05, 0.1) is 0 Å². The van der Waals surface area contributed by atoms with Gasteiger partial charge < -0.3 is 0 Å². The number of anilines is 1. The number of carbonyl (C=O) groups excluding carboxylic acids is 1. The van der Waals surface area contributed by atoms with E-state index in [1.807, 2.05) is 0 Å². The monoisotopic (exact) mass is 191 g/mol. The first-order chi connectivity index (χ1) is 6.70. The predicted molar refractivity (Wildman–Crippen MR) is 50.7 cm³/mol. The van der Waals surface area contributed by atoms with Crippen LogP contribution in [0.2, 0.25) is 0 Å². The van der Waals surface area contributed by atoms with E-state index in [0.29, 0.717) is 18.8 Å². The van der Waals surface area contributed by atoms with E-state index >= 15 is 0 Å². The van der Waals surface area contributed by atoms with Crippen LogP contribution in [0.25, 0.3) is 0 Å². The van der Waals surface area contributed by atoms with Gasteiger partial charge in [0, 0.05) is 24.9 Å². The van der Waals surface area contributed by atoms with E-state index in [9.17, 15) is 9.59 Å². The first kappa shape index (κ1) is 8.63. The Labute approximate surface area is 80.1 Å². The molecule has 0 saturated carbocycles. The number of hydrogen-bond acceptors (Lipinski definition) is 2. The van der Waals surface area contributed by atoms with Crippen LogP contribution in [0.1, 0.15) is 6.42 Å². The van der Waals surface area contributed by atoms with Crippen LogP contribution in [0.3, 0.4) is 0 Å². The number of aromatic amines is 2. The van der Waals surface area contributed by atoms with Gasteiger partial charge in [0.1, 0.15) is 5.82 Å². The molecule has 72 valence electrons. The molecule has 1 aliphatic heterocycles. The van der Waals surface area contributed by atoms with Gasteiger partial charge in [0.25, 0.3) is 5.56 Å². The third kappa shape index (κ3) is 1.31. The molecule has 0 aliphatic carbocycles. The molecule has 1 aliphatic rings. The maximum absolute atomic E-state index is 11.4. The summed E-state index contributed by atoms with van der Waals surface area (Å²) in [7, 11) is 0. The Morgan fingerprint density at radius 3 is 2.79 bits per heavy atom. The van der Waals surface area contributed by atoms with Crippen LogP contribution in [0, 0.1) is 18.3 Å². The van der Waals surface area contributed by atoms with Crippen LogP contribution in [-0.4, -0.2) is 22.6 Å². The van der Waals surface area contributed by atoms with Gasteiger partial charge in [-0.3, -0.25) is 24.7 Å². The van der Waals surface area contributed by atoms with Gasteiger partial charge in [-0.1, -0.05) is 0 Å². The minimum atomic E-state index is -0.253. The average molecular weight is 191 g/mol. The highest BCUT2D eigenvalue weighted by Crippen LogP contribution is 2.21. The highest BCUT2D eigenvalue weighted by molar-refractivity contribution is 5.95. The molecule has 2 heterocycles. The van der Waals surface area contributed by atoms with E-state index in [1.165, 1.54) is 11.0 Å². The molecule has 0 aromatic carbocycles. The predicted octanol–water partition coefficient (Wildman–Crippen LogP) is -0.311. The zero-order chi connectivity index (χ0) is 10.1. The van der Waals surface area contributed by atoms with Crippen molar-refractivity contribution in [1.29, 1.82) is 0 Å². The lowest BCUT2D eigenvalue weighted by Gasteiger charge is -2.11. The second kappa shape index (κ2) is 3.07. The Kier molecular flexibility index (Phi) is 1.89. The van der Waals surface area contributed by atoms with E-state index in [-0.39, 0.29) is 17.4 Å². The highest BCUT2D eigenvalue weighted by Gasteiger charge is 2.30. The third-order valence-electron chi connectivity index (χ3n) is 2.23. The topological polar surface area (TPSA) is 69.0 Å². The molecule has 14 heavy (non-hydrogen) atoms. The summed E-state index contributed by atoms with van der Waals surface area (Å²) in [5.74, 6) is 2.91. The molecule has 1 saturated heterocycles. The molecule has 1 unspecified atom stereocenters. The van der Waals surface area contributed by atoms with E-state index in [1.54, 1.807) is 0 Å². The molecule has 1 aromatic heterocycles. The van der Waals surface area contributed by atoms with Crippen molar-refractivity contribution in [3.63, 3.8) is 0 Å². The molecule has 5 heteroatoms. The Hall–Kier alpha value is -1.96. The van der Waals surface area contributed by atoms with Crippen LogP contribution < -0.4 is 10.5 Å². The van der Waals surface area contributed by atoms with E-state index in [2.05, 4.69) is 16.1 Å². The van der Waals surface area contributed by atoms with E-state index in [0.717, 1.165) is 0 Å². The van der Waals surface area contributed by atoms with Crippen LogP contribution in [0.4, 0.5) is 5.82 Å². The molecule has 0 radical (unpaired) electrons. The van der Waals surface area contributed by atoms with Gasteiger partial charge in [0.15, 0.2) is 0 Å². The highest BCUT2D eigenvalue weighted by atomic mass is 16.2. The number of carbonyl (C=O) groups is 1. The molecule has 2 rings (SSSR count). The van der Waals surface area contributed by atoms with Gasteiger partial charge in [-0.2, -0.15) is 0 Å². The molecular weight excluding hydrogens is 182 g/mol. The lowest BCUT2D eigenvalue weighted by molar-refractivity contribution is -0.117. The molecule has 0 bridgehead atoms. The van der Waals surface area contributed by atoms with Crippen LogP contribution in [0.15, 0.2) is 10.9 Å². The second-order valence-electron chi connectivity index (χ2n) is 3.22. The molecule has 0 spiro atoms. The summed E-state index contributed by atoms with van der Waals surface area (Å²) in [4.78, 5) is 23.8. The summed E-state index contributed by atoms with van der Waals surface area (Å²) in [6, 6.07) is 1.34. The summed E-state index contributed by atoms with van der Waals surface area (Å²) < 4.78 is 0. The number of nitrogens with one attached hydrogen (secondary N) is 2. The maximum atomic E-state index is 11.4. The van der Waals surface area contributed by atoms with Crippen molar-refractivity contribution in [2.45, 2.75) is 6.42 Å². The Morgan fingerprint density at radius 1 is 1.50 bits per heavy atom. The molecule has 1 fully saturated rings. The maximum Gasteiger partial charge on any atom is 0.266 e. The van der Waals surface area contributed by atoms with Crippen molar-refractivity contribution < 1.29 is 4.79 Å². The lowest BCUT2D eigenvalue weighted by atomic mass is 10.1. The molecule has 2 N–H and O–H groups in total. The van der Waals surface area contributed by atoms with Crippen molar-refractivity contribution in [3.8, 4) is 12.3 Å². The lowest BCUT2D eigenvalue weighted by Crippen LogP contribution is -2.24. The molecule has 1 aromatic rings. The molecular formula is C9H9N3O2. The average Bonchev–Trinajstić information content (AvgIpc) is 2.71. The smallest absolute Gasteiger partial charge is 0.266 e. The Balaban J connectivity index is 2.25. The van der Waals surface area contributed by atoms with Gasteiger partial charge in [-0.25, -0.2) is 0 Å². The van der Waals surface area contributed by atoms with Crippen LogP contribution in [-0.2, 0) is 4.79 Å². The Morgan fingerprint density at radius 2 is 2.29 bits per heavy atom. The van der Waals surface area contributed by atoms with Crippen molar-refractivity contribution in [2.75, 3.05) is 11.4 Å². The summed E-state index contributed by atoms with van der Waals surface area (Å²) in [6.07, 6.45) is 5.58. The SMILES string of the molecule is C#CC1CC(=O)N(c2cc(=O)[nH][nH]2)C1. The summed E-state index contributed by atoms with van der Waals surface area (Å²) in [5.41, 5.74) is -0.253. The number of amides is 1. The first-order valence-electron chi connectivity index (χ1n) is 4.25. The largest absolute Gasteiger partial charge is 0.296 e. The number of hydrogen-bond donors (Lipinski definition) is 2. The normalized spacial score (nSPS) is 21.2. The van der Waals surface area contributed by atoms with Gasteiger partial charge >= 0.3 is 0 Å². The van der Waals surface area contributed by atoms with Crippen molar-refractivity contribution in [3.05, 3.63) is 16.4 Å². The van der Waals surface area contributed by atoms with E-state index < -0.39 is 0 Å². The molecule has 1 atom stereocenters. The van der Waals surface area contributed by atoms with Crippen molar-refractivity contribution >= 4 is 11.7 Å². The number of H-pyrrole nitrogens is 2. The van der Waals surface area contributed by atoms with Crippen molar-refractivity contribution in [1.82, 2.24) is 10.2 Å². The van der Waals surface area contributed by atoms with E-state index in [4.69, 9.17) is 6.42 Å². The Bertz CT molecular complexity index is 451.